The fourth-order valence-electron chi connectivity index (χ4n) is 2.66. The lowest BCUT2D eigenvalue weighted by atomic mass is 10.1. The number of pyridine rings is 1. The van der Waals surface area contributed by atoms with Gasteiger partial charge in [-0.3, -0.25) is 14.6 Å². The normalized spacial score (nSPS) is 14.0. The van der Waals surface area contributed by atoms with Crippen LogP contribution in [0.4, 0.5) is 5.69 Å². The quantitative estimate of drug-likeness (QED) is 0.594. The van der Waals surface area contributed by atoms with Gasteiger partial charge in [-0.1, -0.05) is 12.1 Å². The van der Waals surface area contributed by atoms with Gasteiger partial charge < -0.3 is 19.7 Å². The van der Waals surface area contributed by atoms with Crippen LogP contribution in [-0.2, 0) is 14.3 Å². The molecular formula is C21H20N4O4. The Balaban J connectivity index is 1.57. The van der Waals surface area contributed by atoms with E-state index in [1.165, 1.54) is 12.3 Å². The summed E-state index contributed by atoms with van der Waals surface area (Å²) >= 11 is 0. The summed E-state index contributed by atoms with van der Waals surface area (Å²) in [6.07, 6.45) is 4.57. The van der Waals surface area contributed by atoms with Crippen molar-refractivity contribution in [3.8, 4) is 11.8 Å². The van der Waals surface area contributed by atoms with E-state index in [0.717, 1.165) is 0 Å². The lowest BCUT2D eigenvalue weighted by Gasteiger charge is -2.26. The average molecular weight is 392 g/mol. The Kier molecular flexibility index (Phi) is 6.92. The molecule has 0 spiro atoms. The predicted molar refractivity (Wildman–Crippen MR) is 106 cm³/mol. The van der Waals surface area contributed by atoms with Gasteiger partial charge in [-0.15, -0.1) is 0 Å². The van der Waals surface area contributed by atoms with E-state index < -0.39 is 5.91 Å². The number of hydrogen-bond acceptors (Lipinski definition) is 6. The Labute approximate surface area is 168 Å². The van der Waals surface area contributed by atoms with E-state index in [1.807, 2.05) is 6.07 Å². The Morgan fingerprint density at radius 3 is 2.66 bits per heavy atom. The second kappa shape index (κ2) is 10.0. The van der Waals surface area contributed by atoms with Gasteiger partial charge in [0.1, 0.15) is 17.4 Å². The van der Waals surface area contributed by atoms with Gasteiger partial charge >= 0.3 is 0 Å². The molecule has 29 heavy (non-hydrogen) atoms. The maximum Gasteiger partial charge on any atom is 0.266 e. The molecule has 1 aliphatic rings. The molecule has 0 atom stereocenters. The van der Waals surface area contributed by atoms with Crippen molar-refractivity contribution in [3.63, 3.8) is 0 Å². The molecule has 1 aliphatic heterocycles. The fraction of sp³-hybridized carbons (Fsp3) is 0.238. The van der Waals surface area contributed by atoms with E-state index in [4.69, 9.17) is 9.47 Å². The molecule has 8 nitrogen and oxygen atoms in total. The molecule has 2 aromatic rings. The first-order valence-corrected chi connectivity index (χ1v) is 9.07. The van der Waals surface area contributed by atoms with Crippen molar-refractivity contribution in [2.75, 3.05) is 38.2 Å². The van der Waals surface area contributed by atoms with E-state index in [9.17, 15) is 14.9 Å². The number of benzene rings is 1. The van der Waals surface area contributed by atoms with Gasteiger partial charge in [0.25, 0.3) is 11.8 Å². The van der Waals surface area contributed by atoms with Crippen LogP contribution >= 0.6 is 0 Å². The maximum atomic E-state index is 12.2. The minimum atomic E-state index is -0.517. The first-order valence-electron chi connectivity index (χ1n) is 9.07. The summed E-state index contributed by atoms with van der Waals surface area (Å²) in [5.74, 6) is -0.0740. The largest absolute Gasteiger partial charge is 0.484 e. The van der Waals surface area contributed by atoms with E-state index >= 15 is 0 Å². The van der Waals surface area contributed by atoms with Gasteiger partial charge in [0.2, 0.25) is 0 Å². The number of nitrogens with zero attached hydrogens (tertiary/aromatic N) is 3. The summed E-state index contributed by atoms with van der Waals surface area (Å²) in [6, 6.07) is 12.1. The van der Waals surface area contributed by atoms with Crippen LogP contribution in [0.1, 0.15) is 5.56 Å². The van der Waals surface area contributed by atoms with Crippen LogP contribution in [0.25, 0.3) is 6.08 Å². The predicted octanol–water partition coefficient (Wildman–Crippen LogP) is 1.86. The van der Waals surface area contributed by atoms with Gasteiger partial charge in [-0.25, -0.2) is 0 Å². The van der Waals surface area contributed by atoms with Crippen LogP contribution in [0.2, 0.25) is 0 Å². The molecule has 1 N–H and O–H groups in total. The summed E-state index contributed by atoms with van der Waals surface area (Å²) in [5, 5.41) is 11.9. The van der Waals surface area contributed by atoms with Crippen molar-refractivity contribution in [2.45, 2.75) is 0 Å². The highest BCUT2D eigenvalue weighted by Gasteiger charge is 2.17. The smallest absolute Gasteiger partial charge is 0.266 e. The Morgan fingerprint density at radius 1 is 1.24 bits per heavy atom. The van der Waals surface area contributed by atoms with Gasteiger partial charge in [0, 0.05) is 19.3 Å². The van der Waals surface area contributed by atoms with Crippen LogP contribution < -0.4 is 10.1 Å². The average Bonchev–Trinajstić information content (AvgIpc) is 2.77. The van der Waals surface area contributed by atoms with E-state index in [-0.39, 0.29) is 18.1 Å². The summed E-state index contributed by atoms with van der Waals surface area (Å²) in [6.45, 7) is 2.19. The lowest BCUT2D eigenvalue weighted by Crippen LogP contribution is -2.42. The number of carbonyl (C=O) groups excluding carboxylic acids is 2. The molecule has 1 aromatic carbocycles. The molecule has 0 saturated carbocycles. The maximum absolute atomic E-state index is 12.2. The van der Waals surface area contributed by atoms with Gasteiger partial charge in [0.05, 0.1) is 25.1 Å². The highest BCUT2D eigenvalue weighted by molar-refractivity contribution is 6.09. The Hall–Kier alpha value is -3.70. The number of hydrogen-bond donors (Lipinski definition) is 1. The number of ether oxygens (including phenoxy) is 2. The number of amides is 2. The zero-order valence-electron chi connectivity index (χ0n) is 15.7. The molecule has 0 aliphatic carbocycles. The highest BCUT2D eigenvalue weighted by Crippen LogP contribution is 2.16. The van der Waals surface area contributed by atoms with E-state index in [2.05, 4.69) is 10.3 Å². The molecule has 1 aromatic heterocycles. The van der Waals surface area contributed by atoms with Crippen LogP contribution in [0.5, 0.6) is 5.75 Å². The second-order valence-corrected chi connectivity index (χ2v) is 6.22. The van der Waals surface area contributed by atoms with Gasteiger partial charge in [0.15, 0.2) is 6.61 Å². The van der Waals surface area contributed by atoms with Crippen LogP contribution in [0.3, 0.4) is 0 Å². The molecule has 2 heterocycles. The standard InChI is InChI=1S/C21H20N4O4/c22-13-17(21(27)24-18-2-1-7-23-14-18)12-16-3-5-19(6-4-16)29-15-20(26)25-8-10-28-11-9-25/h1-7,12,14H,8-11,15H2,(H,24,27)/b17-12+. The Morgan fingerprint density at radius 2 is 2.00 bits per heavy atom. The topological polar surface area (TPSA) is 105 Å². The third kappa shape index (κ3) is 5.89. The number of rotatable bonds is 6. The number of morpholine rings is 1. The zero-order valence-corrected chi connectivity index (χ0v) is 15.7. The molecule has 0 unspecified atom stereocenters. The Bertz CT molecular complexity index is 914. The van der Waals surface area contributed by atoms with E-state index in [0.29, 0.717) is 43.3 Å². The van der Waals surface area contributed by atoms with Crippen molar-refractivity contribution in [2.24, 2.45) is 0 Å². The van der Waals surface area contributed by atoms with Crippen LogP contribution in [-0.4, -0.2) is 54.6 Å². The van der Waals surface area contributed by atoms with Crippen molar-refractivity contribution in [1.29, 1.82) is 5.26 Å². The van der Waals surface area contributed by atoms with Crippen molar-refractivity contribution in [1.82, 2.24) is 9.88 Å². The fourth-order valence-corrected chi connectivity index (χ4v) is 2.66. The molecule has 1 fully saturated rings. The van der Waals surface area contributed by atoms with Crippen molar-refractivity contribution in [3.05, 3.63) is 59.9 Å². The first kappa shape index (κ1) is 20.0. The summed E-state index contributed by atoms with van der Waals surface area (Å²) in [4.78, 5) is 30.0. The summed E-state index contributed by atoms with van der Waals surface area (Å²) in [5.41, 5.74) is 1.13. The lowest BCUT2D eigenvalue weighted by molar-refractivity contribution is -0.137. The highest BCUT2D eigenvalue weighted by atomic mass is 16.5. The SMILES string of the molecule is N#C/C(=C\c1ccc(OCC(=O)N2CCOCC2)cc1)C(=O)Nc1cccnc1. The molecule has 148 valence electrons. The first-order chi connectivity index (χ1) is 14.2. The number of aromatic nitrogens is 1. The summed E-state index contributed by atoms with van der Waals surface area (Å²) in [7, 11) is 0. The van der Waals surface area contributed by atoms with Gasteiger partial charge in [-0.2, -0.15) is 5.26 Å². The minimum absolute atomic E-state index is 0.0370. The number of nitriles is 1. The molecule has 3 rings (SSSR count). The van der Waals surface area contributed by atoms with Gasteiger partial charge in [-0.05, 0) is 35.9 Å². The monoisotopic (exact) mass is 392 g/mol. The number of carbonyl (C=O) groups is 2. The van der Waals surface area contributed by atoms with Crippen LogP contribution in [0, 0.1) is 11.3 Å². The van der Waals surface area contributed by atoms with Crippen molar-refractivity contribution >= 4 is 23.6 Å². The number of nitrogens with one attached hydrogen (secondary N) is 1. The molecule has 0 bridgehead atoms. The molecule has 1 saturated heterocycles. The molecular weight excluding hydrogens is 372 g/mol. The molecule has 8 heteroatoms. The summed E-state index contributed by atoms with van der Waals surface area (Å²) < 4.78 is 10.8. The van der Waals surface area contributed by atoms with Crippen LogP contribution in [0.15, 0.2) is 54.4 Å². The third-order valence-corrected chi connectivity index (χ3v) is 4.20. The molecule has 2 amide bonds. The third-order valence-electron chi connectivity index (χ3n) is 4.20. The minimum Gasteiger partial charge on any atom is -0.484 e. The van der Waals surface area contributed by atoms with Crippen molar-refractivity contribution < 1.29 is 19.1 Å². The second-order valence-electron chi connectivity index (χ2n) is 6.22. The van der Waals surface area contributed by atoms with E-state index in [1.54, 1.807) is 47.5 Å². The molecule has 0 radical (unpaired) electrons. The number of anilines is 1. The zero-order chi connectivity index (χ0) is 20.5.